The van der Waals surface area contributed by atoms with Crippen LogP contribution in [0.25, 0.3) is 0 Å². The minimum absolute atomic E-state index is 0.0329. The van der Waals surface area contributed by atoms with Crippen molar-refractivity contribution in [3.8, 4) is 0 Å². The number of carbonyl (C=O) groups excluding carboxylic acids is 2. The zero-order valence-corrected chi connectivity index (χ0v) is 30.5. The van der Waals surface area contributed by atoms with Crippen molar-refractivity contribution in [1.82, 2.24) is 0 Å². The van der Waals surface area contributed by atoms with Gasteiger partial charge in [-0.2, -0.15) is 0 Å². The Balaban J connectivity index is 4.49. The van der Waals surface area contributed by atoms with Gasteiger partial charge in [0, 0.05) is 12.8 Å². The molecule has 0 saturated carbocycles. The van der Waals surface area contributed by atoms with Crippen molar-refractivity contribution in [3.63, 3.8) is 0 Å². The van der Waals surface area contributed by atoms with Crippen LogP contribution in [-0.4, -0.2) is 74.9 Å². The first-order valence-corrected chi connectivity index (χ1v) is 19.4. The molecule has 0 radical (unpaired) electrons. The van der Waals surface area contributed by atoms with E-state index < -0.39 is 26.5 Å². The first-order chi connectivity index (χ1) is 21.5. The topological polar surface area (TPSA) is 108 Å². The average molecular weight is 663 g/mol. The molecule has 0 amide bonds. The molecule has 10 heteroatoms. The SMILES string of the molecule is CCCC/C=C/CCCCCCCC(=O)OC[C@H](COP(=O)(O)OCC[N+](C)(C)C)OC(=O)CCCCCCCCCCCC. The van der Waals surface area contributed by atoms with Crippen LogP contribution in [0.2, 0.25) is 0 Å². The fraction of sp³-hybridized carbons (Fsp3) is 0.886. The van der Waals surface area contributed by atoms with Crippen molar-refractivity contribution in [2.75, 3.05) is 47.5 Å². The third-order valence-electron chi connectivity index (χ3n) is 7.55. The summed E-state index contributed by atoms with van der Waals surface area (Å²) >= 11 is 0. The normalized spacial score (nSPS) is 14.0. The van der Waals surface area contributed by atoms with Gasteiger partial charge in [0.1, 0.15) is 19.8 Å². The van der Waals surface area contributed by atoms with Crippen LogP contribution in [-0.2, 0) is 32.7 Å². The van der Waals surface area contributed by atoms with Gasteiger partial charge in [-0.05, 0) is 32.1 Å². The molecule has 0 aromatic rings. The highest BCUT2D eigenvalue weighted by Crippen LogP contribution is 2.43. The largest absolute Gasteiger partial charge is 0.472 e. The Kier molecular flexibility index (Phi) is 28.1. The maximum atomic E-state index is 12.5. The quantitative estimate of drug-likeness (QED) is 0.0250. The van der Waals surface area contributed by atoms with Gasteiger partial charge in [-0.25, -0.2) is 4.57 Å². The molecule has 0 aromatic heterocycles. The zero-order chi connectivity index (χ0) is 33.7. The van der Waals surface area contributed by atoms with Gasteiger partial charge in [0.2, 0.25) is 0 Å². The van der Waals surface area contributed by atoms with Gasteiger partial charge >= 0.3 is 19.8 Å². The van der Waals surface area contributed by atoms with E-state index in [2.05, 4.69) is 26.0 Å². The van der Waals surface area contributed by atoms with Crippen molar-refractivity contribution in [1.29, 1.82) is 0 Å². The number of rotatable bonds is 32. The van der Waals surface area contributed by atoms with E-state index in [1.807, 2.05) is 21.1 Å². The van der Waals surface area contributed by atoms with E-state index >= 15 is 0 Å². The summed E-state index contributed by atoms with van der Waals surface area (Å²) in [5, 5.41) is 0. The number of phosphoric ester groups is 1. The highest BCUT2D eigenvalue weighted by Gasteiger charge is 2.27. The van der Waals surface area contributed by atoms with Crippen molar-refractivity contribution >= 4 is 19.8 Å². The minimum atomic E-state index is -4.36. The molecule has 0 aliphatic heterocycles. The summed E-state index contributed by atoms with van der Waals surface area (Å²) in [6.45, 7) is 4.34. The van der Waals surface area contributed by atoms with E-state index in [0.717, 1.165) is 57.8 Å². The maximum absolute atomic E-state index is 12.5. The number of ether oxygens (including phenoxy) is 2. The van der Waals surface area contributed by atoms with Gasteiger partial charge in [0.25, 0.3) is 0 Å². The Morgan fingerprint density at radius 1 is 0.667 bits per heavy atom. The molecule has 0 aliphatic carbocycles. The highest BCUT2D eigenvalue weighted by molar-refractivity contribution is 7.47. The number of nitrogens with zero attached hydrogens (tertiary/aromatic N) is 1. The van der Waals surface area contributed by atoms with Crippen molar-refractivity contribution < 1.29 is 42.1 Å². The molecule has 45 heavy (non-hydrogen) atoms. The van der Waals surface area contributed by atoms with E-state index in [9.17, 15) is 19.0 Å². The van der Waals surface area contributed by atoms with Crippen LogP contribution in [0, 0.1) is 0 Å². The van der Waals surface area contributed by atoms with Gasteiger partial charge in [0.15, 0.2) is 6.10 Å². The molecule has 0 heterocycles. The van der Waals surface area contributed by atoms with Crippen LogP contribution in [0.5, 0.6) is 0 Å². The molecule has 266 valence electrons. The van der Waals surface area contributed by atoms with Crippen LogP contribution in [0.4, 0.5) is 0 Å². The number of esters is 2. The van der Waals surface area contributed by atoms with Crippen LogP contribution in [0.15, 0.2) is 12.2 Å². The second kappa shape index (κ2) is 28.9. The summed E-state index contributed by atoms with van der Waals surface area (Å²) in [5.74, 6) is -0.811. The molecule has 1 N–H and O–H groups in total. The van der Waals surface area contributed by atoms with Crippen LogP contribution < -0.4 is 0 Å². The Morgan fingerprint density at radius 3 is 1.71 bits per heavy atom. The van der Waals surface area contributed by atoms with Gasteiger partial charge in [-0.15, -0.1) is 0 Å². The monoisotopic (exact) mass is 662 g/mol. The van der Waals surface area contributed by atoms with Gasteiger partial charge in [-0.1, -0.05) is 116 Å². The minimum Gasteiger partial charge on any atom is -0.462 e. The van der Waals surface area contributed by atoms with E-state index in [1.165, 1.54) is 57.8 Å². The Bertz CT molecular complexity index is 799. The number of likely N-dealkylation sites (N-methyl/N-ethyl adjacent to an activating group) is 1. The first kappa shape index (κ1) is 43.8. The van der Waals surface area contributed by atoms with Crippen molar-refractivity contribution in [2.45, 2.75) is 155 Å². The molecule has 0 rings (SSSR count). The van der Waals surface area contributed by atoms with Gasteiger partial charge < -0.3 is 18.9 Å². The Morgan fingerprint density at radius 2 is 1.16 bits per heavy atom. The molecular formula is C35H69NO8P+. The molecule has 0 bridgehead atoms. The fourth-order valence-corrected chi connectivity index (χ4v) is 5.38. The lowest BCUT2D eigenvalue weighted by molar-refractivity contribution is -0.870. The number of allylic oxidation sites excluding steroid dienone is 2. The summed E-state index contributed by atoms with van der Waals surface area (Å²) < 4.78 is 34.0. The van der Waals surface area contributed by atoms with Crippen molar-refractivity contribution in [3.05, 3.63) is 12.2 Å². The zero-order valence-electron chi connectivity index (χ0n) is 29.6. The lowest BCUT2D eigenvalue weighted by Gasteiger charge is -2.24. The van der Waals surface area contributed by atoms with Gasteiger partial charge in [-0.3, -0.25) is 18.6 Å². The molecule has 0 fully saturated rings. The average Bonchev–Trinajstić information content (AvgIpc) is 2.97. The molecule has 1 unspecified atom stereocenters. The lowest BCUT2D eigenvalue weighted by Crippen LogP contribution is -2.37. The Hall–Kier alpha value is -1.25. The number of carbonyl (C=O) groups is 2. The molecule has 0 saturated heterocycles. The highest BCUT2D eigenvalue weighted by atomic mass is 31.2. The molecule has 0 aromatic carbocycles. The van der Waals surface area contributed by atoms with Crippen LogP contribution in [0.1, 0.15) is 149 Å². The molecule has 0 spiro atoms. The van der Waals surface area contributed by atoms with Gasteiger partial charge in [0.05, 0.1) is 27.7 Å². The molecular weight excluding hydrogens is 593 g/mol. The number of quaternary nitrogens is 1. The molecule has 9 nitrogen and oxygen atoms in total. The molecule has 0 aliphatic rings. The standard InChI is InChI=1S/C35H68NO8P/c1-6-8-10-12-14-16-18-20-21-23-25-27-34(37)41-31-33(32-43-45(39,40)42-30-29-36(3,4)5)44-35(38)28-26-24-22-19-17-15-13-11-9-7-2/h12,14,33H,6-11,13,15-32H2,1-5H3/p+1/b14-12+/t33-/m1/s1. The maximum Gasteiger partial charge on any atom is 0.472 e. The van der Waals surface area contributed by atoms with Crippen LogP contribution in [0.3, 0.4) is 0 Å². The summed E-state index contributed by atoms with van der Waals surface area (Å²) in [6, 6.07) is 0. The predicted octanol–water partition coefficient (Wildman–Crippen LogP) is 9.07. The summed E-state index contributed by atoms with van der Waals surface area (Å²) in [4.78, 5) is 35.0. The summed E-state index contributed by atoms with van der Waals surface area (Å²) in [6.07, 6.45) is 25.5. The number of phosphoric acid groups is 1. The summed E-state index contributed by atoms with van der Waals surface area (Å²) in [5.41, 5.74) is 0. The third-order valence-corrected chi connectivity index (χ3v) is 8.53. The summed E-state index contributed by atoms with van der Waals surface area (Å²) in [7, 11) is 1.47. The van der Waals surface area contributed by atoms with E-state index in [4.69, 9.17) is 18.5 Å². The van der Waals surface area contributed by atoms with Crippen LogP contribution >= 0.6 is 7.82 Å². The number of hydrogen-bond acceptors (Lipinski definition) is 7. The van der Waals surface area contributed by atoms with E-state index in [1.54, 1.807) is 0 Å². The lowest BCUT2D eigenvalue weighted by atomic mass is 10.1. The molecule has 2 atom stereocenters. The van der Waals surface area contributed by atoms with Crippen molar-refractivity contribution in [2.24, 2.45) is 0 Å². The Labute approximate surface area is 276 Å². The van der Waals surface area contributed by atoms with E-state index in [0.29, 0.717) is 17.4 Å². The number of hydrogen-bond donors (Lipinski definition) is 1. The first-order valence-electron chi connectivity index (χ1n) is 17.9. The van der Waals surface area contributed by atoms with E-state index in [-0.39, 0.29) is 32.0 Å². The number of unbranched alkanes of at least 4 members (excludes halogenated alkanes) is 16. The smallest absolute Gasteiger partial charge is 0.462 e. The third kappa shape index (κ3) is 32.5. The second-order valence-corrected chi connectivity index (χ2v) is 14.7. The second-order valence-electron chi connectivity index (χ2n) is 13.3. The fourth-order valence-electron chi connectivity index (χ4n) is 4.64. The predicted molar refractivity (Wildman–Crippen MR) is 183 cm³/mol.